The molecule has 0 radical (unpaired) electrons. The molecule has 1 heterocycles. The Labute approximate surface area is 109 Å². The minimum atomic E-state index is -1.20. The predicted octanol–water partition coefficient (Wildman–Crippen LogP) is 3.57. The smallest absolute Gasteiger partial charge is 0.161 e. The van der Waals surface area contributed by atoms with Crippen LogP contribution in [-0.4, -0.2) is 7.05 Å². The van der Waals surface area contributed by atoms with Gasteiger partial charge in [-0.15, -0.1) is 0 Å². The summed E-state index contributed by atoms with van der Waals surface area (Å²) < 4.78 is 45.3. The van der Waals surface area contributed by atoms with E-state index in [2.05, 4.69) is 5.32 Å². The van der Waals surface area contributed by atoms with E-state index in [4.69, 9.17) is 4.42 Å². The van der Waals surface area contributed by atoms with E-state index in [-0.39, 0.29) is 5.56 Å². The normalized spacial score (nSPS) is 12.7. The lowest BCUT2D eigenvalue weighted by atomic mass is 9.97. The molecule has 1 atom stereocenters. The average Bonchev–Trinajstić information content (AvgIpc) is 2.84. The van der Waals surface area contributed by atoms with Gasteiger partial charge in [-0.05, 0) is 19.2 Å². The maximum atomic E-state index is 13.8. The molecule has 1 aromatic carbocycles. The van der Waals surface area contributed by atoms with Crippen molar-refractivity contribution in [2.24, 2.45) is 0 Å². The molecule has 102 valence electrons. The van der Waals surface area contributed by atoms with Crippen LogP contribution in [0.25, 0.3) is 0 Å². The fourth-order valence-corrected chi connectivity index (χ4v) is 2.13. The third kappa shape index (κ3) is 2.51. The zero-order chi connectivity index (χ0) is 14.0. The van der Waals surface area contributed by atoms with Gasteiger partial charge in [0.1, 0.15) is 11.6 Å². The molecule has 0 aliphatic rings. The third-order valence-electron chi connectivity index (χ3n) is 3.05. The first-order chi connectivity index (χ1) is 9.08. The summed E-state index contributed by atoms with van der Waals surface area (Å²) in [5.41, 5.74) is 0.771. The van der Waals surface area contributed by atoms with E-state index in [0.717, 1.165) is 11.6 Å². The van der Waals surface area contributed by atoms with Crippen LogP contribution in [0.15, 0.2) is 28.9 Å². The molecule has 0 fully saturated rings. The Morgan fingerprint density at radius 1 is 1.11 bits per heavy atom. The molecule has 2 aromatic rings. The van der Waals surface area contributed by atoms with Gasteiger partial charge in [-0.1, -0.05) is 6.92 Å². The zero-order valence-electron chi connectivity index (χ0n) is 10.6. The first-order valence-corrected chi connectivity index (χ1v) is 5.96. The first kappa shape index (κ1) is 13.7. The second-order valence-corrected chi connectivity index (χ2v) is 4.16. The maximum absolute atomic E-state index is 13.8. The van der Waals surface area contributed by atoms with Gasteiger partial charge in [-0.3, -0.25) is 0 Å². The lowest BCUT2D eigenvalue weighted by Gasteiger charge is -2.17. The van der Waals surface area contributed by atoms with Gasteiger partial charge in [-0.25, -0.2) is 13.2 Å². The number of aryl methyl sites for hydroxylation is 1. The Morgan fingerprint density at radius 3 is 2.42 bits per heavy atom. The molecule has 5 heteroatoms. The van der Waals surface area contributed by atoms with Gasteiger partial charge in [0.2, 0.25) is 0 Å². The monoisotopic (exact) mass is 269 g/mol. The number of hydrogen-bond acceptors (Lipinski definition) is 2. The fraction of sp³-hybridized carbons (Fsp3) is 0.286. The van der Waals surface area contributed by atoms with E-state index in [1.54, 1.807) is 13.1 Å². The van der Waals surface area contributed by atoms with E-state index >= 15 is 0 Å². The zero-order valence-corrected chi connectivity index (χ0v) is 10.6. The van der Waals surface area contributed by atoms with Gasteiger partial charge in [0, 0.05) is 23.6 Å². The summed E-state index contributed by atoms with van der Waals surface area (Å²) in [5, 5.41) is 2.89. The Balaban J connectivity index is 2.51. The summed E-state index contributed by atoms with van der Waals surface area (Å²) in [6.07, 6.45) is 2.13. The van der Waals surface area contributed by atoms with Gasteiger partial charge in [0.05, 0.1) is 12.3 Å². The van der Waals surface area contributed by atoms with Crippen molar-refractivity contribution in [3.63, 3.8) is 0 Å². The molecule has 2 rings (SSSR count). The molecule has 0 aliphatic heterocycles. The van der Waals surface area contributed by atoms with Crippen LogP contribution in [0.1, 0.15) is 29.9 Å². The molecule has 0 amide bonds. The van der Waals surface area contributed by atoms with Gasteiger partial charge < -0.3 is 9.73 Å². The van der Waals surface area contributed by atoms with Crippen LogP contribution in [0.4, 0.5) is 13.2 Å². The summed E-state index contributed by atoms with van der Waals surface area (Å²) in [4.78, 5) is 0. The van der Waals surface area contributed by atoms with E-state index in [1.165, 1.54) is 6.26 Å². The molecular weight excluding hydrogens is 255 g/mol. The molecule has 0 saturated heterocycles. The molecular formula is C14H14F3NO. The van der Waals surface area contributed by atoms with Crippen LogP contribution in [0.5, 0.6) is 0 Å². The van der Waals surface area contributed by atoms with Crippen LogP contribution in [-0.2, 0) is 6.42 Å². The number of halogens is 3. The topological polar surface area (TPSA) is 25.2 Å². The summed E-state index contributed by atoms with van der Waals surface area (Å²) in [5.74, 6) is -2.37. The molecule has 19 heavy (non-hydrogen) atoms. The van der Waals surface area contributed by atoms with Crippen LogP contribution >= 0.6 is 0 Å². The molecule has 0 bridgehead atoms. The van der Waals surface area contributed by atoms with Crippen LogP contribution in [0, 0.1) is 17.5 Å². The van der Waals surface area contributed by atoms with E-state index in [9.17, 15) is 13.2 Å². The summed E-state index contributed by atoms with van der Waals surface area (Å²) >= 11 is 0. The lowest BCUT2D eigenvalue weighted by molar-refractivity contribution is 0.479. The van der Waals surface area contributed by atoms with E-state index < -0.39 is 23.5 Å². The highest BCUT2D eigenvalue weighted by molar-refractivity contribution is 5.34. The summed E-state index contributed by atoms with van der Waals surface area (Å²) in [7, 11) is 1.62. The van der Waals surface area contributed by atoms with Crippen molar-refractivity contribution in [3.05, 3.63) is 58.8 Å². The highest BCUT2D eigenvalue weighted by Crippen LogP contribution is 2.29. The molecule has 0 aliphatic carbocycles. The second-order valence-electron chi connectivity index (χ2n) is 4.16. The van der Waals surface area contributed by atoms with Gasteiger partial charge in [-0.2, -0.15) is 0 Å². The summed E-state index contributed by atoms with van der Waals surface area (Å²) in [6.45, 7) is 1.90. The predicted molar refractivity (Wildman–Crippen MR) is 65.3 cm³/mol. The largest absolute Gasteiger partial charge is 0.469 e. The quantitative estimate of drug-likeness (QED) is 0.858. The SMILES string of the molecule is CCc1occc1C(NC)c1cc(F)c(F)cc1F. The number of nitrogens with one attached hydrogen (secondary N) is 1. The minimum Gasteiger partial charge on any atom is -0.469 e. The lowest BCUT2D eigenvalue weighted by Crippen LogP contribution is -2.20. The first-order valence-electron chi connectivity index (χ1n) is 5.96. The number of hydrogen-bond donors (Lipinski definition) is 1. The average molecular weight is 269 g/mol. The van der Waals surface area contributed by atoms with Gasteiger partial charge >= 0.3 is 0 Å². The molecule has 2 nitrogen and oxygen atoms in total. The van der Waals surface area contributed by atoms with Gasteiger partial charge in [0.25, 0.3) is 0 Å². The van der Waals surface area contributed by atoms with Crippen molar-refractivity contribution in [2.45, 2.75) is 19.4 Å². The van der Waals surface area contributed by atoms with Crippen molar-refractivity contribution in [2.75, 3.05) is 7.05 Å². The van der Waals surface area contributed by atoms with Gasteiger partial charge in [0.15, 0.2) is 11.6 Å². The van der Waals surface area contributed by atoms with E-state index in [0.29, 0.717) is 18.2 Å². The van der Waals surface area contributed by atoms with Crippen molar-refractivity contribution < 1.29 is 17.6 Å². The van der Waals surface area contributed by atoms with Crippen molar-refractivity contribution >= 4 is 0 Å². The van der Waals surface area contributed by atoms with Crippen LogP contribution in [0.3, 0.4) is 0 Å². The molecule has 0 saturated carbocycles. The highest BCUT2D eigenvalue weighted by atomic mass is 19.2. The van der Waals surface area contributed by atoms with Crippen molar-refractivity contribution in [1.29, 1.82) is 0 Å². The third-order valence-corrected chi connectivity index (χ3v) is 3.05. The number of rotatable bonds is 4. The molecule has 1 aromatic heterocycles. The Morgan fingerprint density at radius 2 is 1.79 bits per heavy atom. The fourth-order valence-electron chi connectivity index (χ4n) is 2.13. The molecule has 1 N–H and O–H groups in total. The standard InChI is InChI=1S/C14H14F3NO/c1-3-13-8(4-5-19-13)14(18-2)9-6-11(16)12(17)7-10(9)15/h4-7,14,18H,3H2,1-2H3. The Bertz CT molecular complexity index is 580. The Kier molecular flexibility index (Phi) is 3.95. The van der Waals surface area contributed by atoms with Crippen LogP contribution < -0.4 is 5.32 Å². The maximum Gasteiger partial charge on any atom is 0.161 e. The van der Waals surface area contributed by atoms with Crippen molar-refractivity contribution in [3.8, 4) is 0 Å². The summed E-state index contributed by atoms with van der Waals surface area (Å²) in [6, 6.07) is 2.54. The number of furan rings is 1. The second kappa shape index (κ2) is 5.48. The molecule has 1 unspecified atom stereocenters. The van der Waals surface area contributed by atoms with E-state index in [1.807, 2.05) is 6.92 Å². The van der Waals surface area contributed by atoms with Crippen LogP contribution in [0.2, 0.25) is 0 Å². The highest BCUT2D eigenvalue weighted by Gasteiger charge is 2.22. The van der Waals surface area contributed by atoms with Crippen molar-refractivity contribution in [1.82, 2.24) is 5.32 Å². The Hall–Kier alpha value is -1.75. The molecule has 0 spiro atoms. The minimum absolute atomic E-state index is 0.0532. The number of benzene rings is 1.